The first kappa shape index (κ1) is 20.4. The molecule has 0 aliphatic carbocycles. The van der Waals surface area contributed by atoms with Gasteiger partial charge in [-0.15, -0.1) is 0 Å². The molecular weight excluding hydrogens is 370 g/mol. The molecule has 1 atom stereocenters. The van der Waals surface area contributed by atoms with Crippen LogP contribution in [-0.2, 0) is 14.4 Å². The Kier molecular flexibility index (Phi) is 6.16. The van der Waals surface area contributed by atoms with Gasteiger partial charge in [-0.05, 0) is 31.2 Å². The number of hydrogen-bond donors (Lipinski definition) is 1. The predicted octanol–water partition coefficient (Wildman–Crippen LogP) is 2.45. The summed E-state index contributed by atoms with van der Waals surface area (Å²) in [7, 11) is 3.14. The van der Waals surface area contributed by atoms with Gasteiger partial charge in [0, 0.05) is 37.5 Å². The van der Waals surface area contributed by atoms with Crippen LogP contribution in [0.2, 0.25) is 0 Å². The molecule has 1 N–H and O–H groups in total. The number of nitrogens with one attached hydrogen (secondary N) is 1. The van der Waals surface area contributed by atoms with E-state index in [0.29, 0.717) is 17.1 Å². The second-order valence-electron chi connectivity index (χ2n) is 7.22. The van der Waals surface area contributed by atoms with Crippen LogP contribution in [0.1, 0.15) is 12.0 Å². The van der Waals surface area contributed by atoms with Crippen LogP contribution >= 0.6 is 0 Å². The lowest BCUT2D eigenvalue weighted by molar-refractivity contribution is -0.137. The number of amides is 3. The second kappa shape index (κ2) is 8.77. The number of benzene rings is 2. The number of likely N-dealkylation sites (N-methyl/N-ethyl adjacent to an activating group) is 1. The van der Waals surface area contributed by atoms with Gasteiger partial charge in [-0.25, -0.2) is 0 Å². The van der Waals surface area contributed by atoms with Crippen LogP contribution in [0.5, 0.6) is 5.75 Å². The van der Waals surface area contributed by atoms with Gasteiger partial charge >= 0.3 is 0 Å². The maximum absolute atomic E-state index is 12.8. The molecule has 0 unspecified atom stereocenters. The smallest absolute Gasteiger partial charge is 0.243 e. The first-order valence-corrected chi connectivity index (χ1v) is 9.43. The lowest BCUT2D eigenvalue weighted by atomic mass is 10.1. The highest BCUT2D eigenvalue weighted by atomic mass is 16.5. The molecule has 1 aliphatic heterocycles. The molecule has 7 heteroatoms. The Bertz CT molecular complexity index is 911. The molecule has 0 bridgehead atoms. The third-order valence-corrected chi connectivity index (χ3v) is 4.93. The zero-order chi connectivity index (χ0) is 21.0. The molecule has 0 saturated carbocycles. The van der Waals surface area contributed by atoms with E-state index < -0.39 is 5.92 Å². The molecule has 1 saturated heterocycles. The summed E-state index contributed by atoms with van der Waals surface area (Å²) >= 11 is 0. The zero-order valence-corrected chi connectivity index (χ0v) is 16.8. The fourth-order valence-corrected chi connectivity index (χ4v) is 3.34. The average molecular weight is 395 g/mol. The van der Waals surface area contributed by atoms with Gasteiger partial charge in [0.05, 0.1) is 19.6 Å². The molecule has 1 heterocycles. The molecule has 3 rings (SSSR count). The number of aryl methyl sites for hydroxylation is 1. The normalized spacial score (nSPS) is 15.9. The third-order valence-electron chi connectivity index (χ3n) is 4.93. The number of nitrogens with zero attached hydrogens (tertiary/aromatic N) is 2. The number of rotatable bonds is 6. The van der Waals surface area contributed by atoms with Crippen molar-refractivity contribution >= 4 is 29.1 Å². The van der Waals surface area contributed by atoms with E-state index in [9.17, 15) is 14.4 Å². The van der Waals surface area contributed by atoms with Gasteiger partial charge < -0.3 is 19.9 Å². The molecule has 29 heavy (non-hydrogen) atoms. The summed E-state index contributed by atoms with van der Waals surface area (Å²) in [5.41, 5.74) is 2.48. The van der Waals surface area contributed by atoms with Crippen LogP contribution in [0.4, 0.5) is 11.4 Å². The molecular formula is C22H25N3O4. The van der Waals surface area contributed by atoms with Crippen molar-refractivity contribution in [3.05, 3.63) is 54.1 Å². The summed E-state index contributed by atoms with van der Waals surface area (Å²) in [6.07, 6.45) is 0.125. The quantitative estimate of drug-likeness (QED) is 0.815. The Morgan fingerprint density at radius 2 is 1.93 bits per heavy atom. The zero-order valence-electron chi connectivity index (χ0n) is 16.8. The van der Waals surface area contributed by atoms with Gasteiger partial charge in [0.15, 0.2) is 0 Å². The van der Waals surface area contributed by atoms with Gasteiger partial charge in [0.2, 0.25) is 17.7 Å². The minimum atomic E-state index is -0.481. The van der Waals surface area contributed by atoms with Crippen LogP contribution < -0.4 is 15.0 Å². The van der Waals surface area contributed by atoms with E-state index in [-0.39, 0.29) is 37.2 Å². The largest absolute Gasteiger partial charge is 0.497 e. The number of carbonyl (C=O) groups excluding carboxylic acids is 3. The van der Waals surface area contributed by atoms with Crippen LogP contribution in [0.3, 0.4) is 0 Å². The molecule has 2 aromatic carbocycles. The summed E-state index contributed by atoms with van der Waals surface area (Å²) in [4.78, 5) is 40.4. The van der Waals surface area contributed by atoms with E-state index in [1.165, 1.54) is 4.90 Å². The van der Waals surface area contributed by atoms with Gasteiger partial charge in [0.25, 0.3) is 0 Å². The van der Waals surface area contributed by atoms with Gasteiger partial charge in [-0.1, -0.05) is 23.8 Å². The first-order chi connectivity index (χ1) is 13.9. The highest BCUT2D eigenvalue weighted by molar-refractivity contribution is 6.01. The van der Waals surface area contributed by atoms with E-state index >= 15 is 0 Å². The SMILES string of the molecule is COc1cccc(N2C[C@H](C(=O)N(C)CC(=O)Nc3ccc(C)cc3)CC2=O)c1. The molecule has 1 aliphatic rings. The van der Waals surface area contributed by atoms with Crippen molar-refractivity contribution < 1.29 is 19.1 Å². The molecule has 1 fully saturated rings. The molecule has 152 valence electrons. The number of ether oxygens (including phenoxy) is 1. The highest BCUT2D eigenvalue weighted by Gasteiger charge is 2.36. The topological polar surface area (TPSA) is 79.0 Å². The van der Waals surface area contributed by atoms with Crippen LogP contribution in [0.15, 0.2) is 48.5 Å². The standard InChI is InChI=1S/C22H25N3O4/c1-15-7-9-17(10-8-15)23-20(26)14-24(2)22(28)16-11-21(27)25(13-16)18-5-4-6-19(12-18)29-3/h4-10,12,16H,11,13-14H2,1-3H3,(H,23,26)/t16-/m1/s1. The fourth-order valence-electron chi connectivity index (χ4n) is 3.34. The predicted molar refractivity (Wildman–Crippen MR) is 111 cm³/mol. The summed E-state index contributed by atoms with van der Waals surface area (Å²) < 4.78 is 5.20. The van der Waals surface area contributed by atoms with Crippen LogP contribution in [-0.4, -0.2) is 49.9 Å². The Morgan fingerprint density at radius 1 is 1.21 bits per heavy atom. The summed E-state index contributed by atoms with van der Waals surface area (Å²) in [5.74, 6) is -0.448. The third kappa shape index (κ3) is 4.93. The fraction of sp³-hybridized carbons (Fsp3) is 0.318. The van der Waals surface area contributed by atoms with Crippen molar-refractivity contribution in [2.75, 3.05) is 37.5 Å². The number of hydrogen-bond acceptors (Lipinski definition) is 4. The Morgan fingerprint density at radius 3 is 2.62 bits per heavy atom. The molecule has 0 spiro atoms. The first-order valence-electron chi connectivity index (χ1n) is 9.43. The van der Waals surface area contributed by atoms with E-state index in [2.05, 4.69) is 5.32 Å². The van der Waals surface area contributed by atoms with E-state index in [0.717, 1.165) is 5.56 Å². The number of anilines is 2. The maximum atomic E-state index is 12.8. The molecule has 2 aromatic rings. The van der Waals surface area contributed by atoms with Gasteiger partial charge in [-0.2, -0.15) is 0 Å². The summed E-state index contributed by atoms with van der Waals surface area (Å²) in [6, 6.07) is 14.6. The molecule has 0 aromatic heterocycles. The number of carbonyl (C=O) groups is 3. The number of methoxy groups -OCH3 is 1. The van der Waals surface area contributed by atoms with Crippen LogP contribution in [0.25, 0.3) is 0 Å². The Labute approximate surface area is 170 Å². The Balaban J connectivity index is 1.58. The van der Waals surface area contributed by atoms with Crippen molar-refractivity contribution in [2.45, 2.75) is 13.3 Å². The lowest BCUT2D eigenvalue weighted by Crippen LogP contribution is -2.39. The monoisotopic (exact) mass is 395 g/mol. The van der Waals surface area contributed by atoms with Crippen molar-refractivity contribution in [1.82, 2.24) is 4.90 Å². The van der Waals surface area contributed by atoms with Crippen molar-refractivity contribution in [3.8, 4) is 5.75 Å². The molecule has 7 nitrogen and oxygen atoms in total. The van der Waals surface area contributed by atoms with E-state index in [1.54, 1.807) is 37.3 Å². The van der Waals surface area contributed by atoms with Gasteiger partial charge in [0.1, 0.15) is 5.75 Å². The van der Waals surface area contributed by atoms with E-state index in [4.69, 9.17) is 4.74 Å². The summed E-state index contributed by atoms with van der Waals surface area (Å²) in [6.45, 7) is 2.18. The average Bonchev–Trinajstić information content (AvgIpc) is 3.10. The van der Waals surface area contributed by atoms with Crippen molar-refractivity contribution in [2.24, 2.45) is 5.92 Å². The lowest BCUT2D eigenvalue weighted by Gasteiger charge is -2.21. The highest BCUT2D eigenvalue weighted by Crippen LogP contribution is 2.28. The molecule has 3 amide bonds. The van der Waals surface area contributed by atoms with E-state index in [1.807, 2.05) is 37.3 Å². The maximum Gasteiger partial charge on any atom is 0.243 e. The minimum absolute atomic E-state index is 0.0729. The molecule has 0 radical (unpaired) electrons. The second-order valence-corrected chi connectivity index (χ2v) is 7.22. The van der Waals surface area contributed by atoms with Crippen LogP contribution in [0, 0.1) is 12.8 Å². The van der Waals surface area contributed by atoms with Crippen molar-refractivity contribution in [3.63, 3.8) is 0 Å². The minimum Gasteiger partial charge on any atom is -0.497 e. The van der Waals surface area contributed by atoms with Gasteiger partial charge in [-0.3, -0.25) is 14.4 Å². The summed E-state index contributed by atoms with van der Waals surface area (Å²) in [5, 5.41) is 2.78. The van der Waals surface area contributed by atoms with Crippen molar-refractivity contribution in [1.29, 1.82) is 0 Å². The Hall–Kier alpha value is -3.35.